The van der Waals surface area contributed by atoms with Crippen molar-refractivity contribution in [1.82, 2.24) is 0 Å². The van der Waals surface area contributed by atoms with Crippen molar-refractivity contribution in [2.75, 3.05) is 6.61 Å². The Kier molecular flexibility index (Phi) is 6.38. The van der Waals surface area contributed by atoms with Crippen molar-refractivity contribution >= 4 is 50.1 Å². The molecule has 0 saturated carbocycles. The summed E-state index contributed by atoms with van der Waals surface area (Å²) in [5, 5.41) is -0.159. The number of hydrogen-bond donors (Lipinski definition) is 0. The van der Waals surface area contributed by atoms with Gasteiger partial charge in [-0.25, -0.2) is 0 Å². The molecule has 0 fully saturated rings. The van der Waals surface area contributed by atoms with Gasteiger partial charge in [0.25, 0.3) is 0 Å². The molecule has 1 nitrogen and oxygen atoms in total. The lowest BCUT2D eigenvalue weighted by atomic mass is 10.0. The lowest BCUT2D eigenvalue weighted by Gasteiger charge is -2.15. The van der Waals surface area contributed by atoms with Crippen LogP contribution in [-0.2, 0) is 0 Å². The molecule has 112 valence electrons. The second-order valence-electron chi connectivity index (χ2n) is 4.88. The Hall–Kier alpha value is -0.260. The van der Waals surface area contributed by atoms with Gasteiger partial charge in [-0.15, -0.1) is 11.6 Å². The molecule has 0 aliphatic rings. The minimum Gasteiger partial charge on any atom is -0.492 e. The third kappa shape index (κ3) is 4.14. The molecule has 0 heterocycles. The van der Waals surface area contributed by atoms with E-state index in [9.17, 15) is 0 Å². The largest absolute Gasteiger partial charge is 0.492 e. The van der Waals surface area contributed by atoms with E-state index >= 15 is 0 Å². The van der Waals surface area contributed by atoms with Crippen LogP contribution in [0.4, 0.5) is 0 Å². The van der Waals surface area contributed by atoms with Crippen LogP contribution in [0.15, 0.2) is 40.9 Å². The summed E-state index contributed by atoms with van der Waals surface area (Å²) in [7, 11) is 0. The zero-order valence-corrected chi connectivity index (χ0v) is 16.5. The van der Waals surface area contributed by atoms with Gasteiger partial charge in [0.1, 0.15) is 5.75 Å². The van der Waals surface area contributed by atoms with Gasteiger partial charge in [0.2, 0.25) is 0 Å². The van der Waals surface area contributed by atoms with Crippen molar-refractivity contribution < 1.29 is 4.74 Å². The van der Waals surface area contributed by atoms with E-state index < -0.39 is 0 Å². The van der Waals surface area contributed by atoms with Crippen LogP contribution in [0.25, 0.3) is 0 Å². The molecule has 0 saturated heterocycles. The Labute approximate surface area is 153 Å². The van der Waals surface area contributed by atoms with Crippen LogP contribution < -0.4 is 4.74 Å². The van der Waals surface area contributed by atoms with Crippen molar-refractivity contribution in [3.63, 3.8) is 0 Å². The number of ether oxygens (including phenoxy) is 1. The average Bonchev–Trinajstić information content (AvgIpc) is 2.48. The molecule has 2 aromatic rings. The van der Waals surface area contributed by atoms with Crippen LogP contribution in [0.2, 0.25) is 0 Å². The molecule has 0 N–H and O–H groups in total. The van der Waals surface area contributed by atoms with Gasteiger partial charge >= 0.3 is 0 Å². The molecule has 0 aromatic heterocycles. The fourth-order valence-electron chi connectivity index (χ4n) is 2.05. The second-order valence-corrected chi connectivity index (χ2v) is 7.25. The number of halogens is 3. The van der Waals surface area contributed by atoms with Crippen molar-refractivity contribution in [2.45, 2.75) is 25.6 Å². The lowest BCUT2D eigenvalue weighted by molar-refractivity contribution is 0.315. The fourth-order valence-corrected chi connectivity index (χ4v) is 3.73. The van der Waals surface area contributed by atoms with Crippen LogP contribution in [-0.4, -0.2) is 6.61 Å². The van der Waals surface area contributed by atoms with E-state index in [1.165, 1.54) is 9.13 Å². The Morgan fingerprint density at radius 3 is 2.71 bits per heavy atom. The summed E-state index contributed by atoms with van der Waals surface area (Å²) < 4.78 is 7.84. The Morgan fingerprint density at radius 2 is 2.05 bits per heavy atom. The van der Waals surface area contributed by atoms with Crippen LogP contribution in [0, 0.1) is 10.5 Å². The molecule has 1 unspecified atom stereocenters. The highest BCUT2D eigenvalue weighted by atomic mass is 127. The van der Waals surface area contributed by atoms with Gasteiger partial charge in [0.05, 0.1) is 16.5 Å². The Balaban J connectivity index is 2.29. The summed E-state index contributed by atoms with van der Waals surface area (Å²) in [5.74, 6) is 0.864. The van der Waals surface area contributed by atoms with E-state index in [4.69, 9.17) is 16.3 Å². The van der Waals surface area contributed by atoms with E-state index in [2.05, 4.69) is 70.6 Å². The zero-order chi connectivity index (χ0) is 15.4. The van der Waals surface area contributed by atoms with Gasteiger partial charge in [-0.3, -0.25) is 0 Å². The molecule has 0 amide bonds. The first-order valence-electron chi connectivity index (χ1n) is 6.86. The first-order chi connectivity index (χ1) is 10.0. The predicted octanol–water partition coefficient (Wildman–Crippen LogP) is 6.48. The summed E-state index contributed by atoms with van der Waals surface area (Å²) >= 11 is 12.6. The van der Waals surface area contributed by atoms with Crippen LogP contribution in [0.3, 0.4) is 0 Å². The maximum Gasteiger partial charge on any atom is 0.133 e. The molecule has 2 rings (SSSR count). The lowest BCUT2D eigenvalue weighted by Crippen LogP contribution is -2.00. The van der Waals surface area contributed by atoms with Gasteiger partial charge in [-0.1, -0.05) is 31.2 Å². The minimum absolute atomic E-state index is 0.159. The number of aryl methyl sites for hydroxylation is 1. The maximum absolute atomic E-state index is 6.67. The quantitative estimate of drug-likeness (QED) is 0.352. The highest BCUT2D eigenvalue weighted by Gasteiger charge is 2.16. The summed E-state index contributed by atoms with van der Waals surface area (Å²) in [6.45, 7) is 4.92. The molecule has 0 aliphatic carbocycles. The molecule has 0 radical (unpaired) electrons. The van der Waals surface area contributed by atoms with Gasteiger partial charge in [0.15, 0.2) is 0 Å². The van der Waals surface area contributed by atoms with Gasteiger partial charge < -0.3 is 4.74 Å². The Bertz CT molecular complexity index is 630. The van der Waals surface area contributed by atoms with E-state index in [0.717, 1.165) is 34.4 Å². The first-order valence-corrected chi connectivity index (χ1v) is 9.16. The van der Waals surface area contributed by atoms with E-state index in [0.29, 0.717) is 0 Å². The van der Waals surface area contributed by atoms with Crippen LogP contribution in [0.1, 0.15) is 35.4 Å². The van der Waals surface area contributed by atoms with Crippen molar-refractivity contribution in [3.8, 4) is 5.75 Å². The topological polar surface area (TPSA) is 9.23 Å². The molecule has 1 atom stereocenters. The average molecular weight is 480 g/mol. The molecule has 0 aliphatic heterocycles. The third-order valence-electron chi connectivity index (χ3n) is 3.21. The molecule has 21 heavy (non-hydrogen) atoms. The second kappa shape index (κ2) is 7.84. The summed E-state index contributed by atoms with van der Waals surface area (Å²) in [4.78, 5) is 0. The first kappa shape index (κ1) is 17.1. The Morgan fingerprint density at radius 1 is 1.29 bits per heavy atom. The fraction of sp³-hybridized carbons (Fsp3) is 0.294. The summed E-state index contributed by atoms with van der Waals surface area (Å²) in [6, 6.07) is 12.3. The molecule has 2 aromatic carbocycles. The summed E-state index contributed by atoms with van der Waals surface area (Å²) in [6.07, 6.45) is 0.994. The number of rotatable bonds is 5. The van der Waals surface area contributed by atoms with Gasteiger partial charge in [0, 0.05) is 3.57 Å². The number of hydrogen-bond acceptors (Lipinski definition) is 1. The molecule has 4 heteroatoms. The smallest absolute Gasteiger partial charge is 0.133 e. The number of alkyl halides is 1. The maximum atomic E-state index is 6.67. The highest BCUT2D eigenvalue weighted by molar-refractivity contribution is 14.1. The standard InChI is InChI=1S/C17H17BrClIO/c1-3-9-21-15-8-7-12(10-14(15)18)16(19)13-6-4-5-11(2)17(13)20/h4-8,10,16H,3,9H2,1-2H3. The molecular formula is C17H17BrClIO. The molecule has 0 spiro atoms. The molecule has 0 bridgehead atoms. The van der Waals surface area contributed by atoms with E-state index in [1.54, 1.807) is 0 Å². The predicted molar refractivity (Wildman–Crippen MR) is 102 cm³/mol. The van der Waals surface area contributed by atoms with Gasteiger partial charge in [-0.05, 0) is 80.7 Å². The normalized spacial score (nSPS) is 12.2. The van der Waals surface area contributed by atoms with Crippen molar-refractivity contribution in [1.29, 1.82) is 0 Å². The van der Waals surface area contributed by atoms with Crippen molar-refractivity contribution in [3.05, 3.63) is 61.1 Å². The minimum atomic E-state index is -0.159. The van der Waals surface area contributed by atoms with Crippen molar-refractivity contribution in [2.24, 2.45) is 0 Å². The summed E-state index contributed by atoms with van der Waals surface area (Å²) in [5.41, 5.74) is 3.46. The van der Waals surface area contributed by atoms with Crippen LogP contribution in [0.5, 0.6) is 5.75 Å². The van der Waals surface area contributed by atoms with Crippen LogP contribution >= 0.6 is 50.1 Å². The zero-order valence-electron chi connectivity index (χ0n) is 12.0. The highest BCUT2D eigenvalue weighted by Crippen LogP contribution is 2.36. The van der Waals surface area contributed by atoms with E-state index in [1.807, 2.05) is 18.2 Å². The number of benzene rings is 2. The SMILES string of the molecule is CCCOc1ccc(C(Cl)c2cccc(C)c2I)cc1Br. The van der Waals surface area contributed by atoms with Gasteiger partial charge in [-0.2, -0.15) is 0 Å². The monoisotopic (exact) mass is 478 g/mol. The third-order valence-corrected chi connectivity index (χ3v) is 5.79. The van der Waals surface area contributed by atoms with E-state index in [-0.39, 0.29) is 5.38 Å². The molecular weight excluding hydrogens is 462 g/mol.